The molecule has 0 amide bonds. The van der Waals surface area contributed by atoms with Crippen molar-refractivity contribution >= 4 is 26.7 Å². The summed E-state index contributed by atoms with van der Waals surface area (Å²) in [5.74, 6) is 1.21. The maximum absolute atomic E-state index is 6.31. The van der Waals surface area contributed by atoms with Crippen molar-refractivity contribution in [3.8, 4) is 5.75 Å². The fourth-order valence-corrected chi connectivity index (χ4v) is 3.51. The fraction of sp³-hybridized carbons (Fsp3) is 0.412. The number of fused-ring (bicyclic) bond motifs is 1. The van der Waals surface area contributed by atoms with Crippen LogP contribution in [0.15, 0.2) is 34.8 Å². The maximum Gasteiger partial charge on any atom is 0.133 e. The highest BCUT2D eigenvalue weighted by Gasteiger charge is 2.25. The van der Waals surface area contributed by atoms with E-state index < -0.39 is 0 Å². The first-order valence-corrected chi connectivity index (χ1v) is 7.72. The van der Waals surface area contributed by atoms with Crippen molar-refractivity contribution in [3.05, 3.63) is 40.4 Å². The summed E-state index contributed by atoms with van der Waals surface area (Å²) in [5.41, 5.74) is 7.39. The van der Waals surface area contributed by atoms with Gasteiger partial charge in [0.1, 0.15) is 5.75 Å². The summed E-state index contributed by atoms with van der Waals surface area (Å²) in [6, 6.07) is 10.6. The molecule has 0 spiro atoms. The molecule has 0 radical (unpaired) electrons. The Morgan fingerprint density at radius 2 is 1.95 bits per heavy atom. The van der Waals surface area contributed by atoms with E-state index in [1.54, 1.807) is 7.11 Å². The molecule has 0 saturated carbocycles. The molecule has 2 aromatic rings. The second kappa shape index (κ2) is 5.74. The molecule has 2 N–H and O–H groups in total. The monoisotopic (exact) mass is 335 g/mol. The molecule has 0 aliphatic carbocycles. The number of ether oxygens (including phenoxy) is 1. The molecule has 0 aliphatic heterocycles. The zero-order chi connectivity index (χ0) is 14.9. The van der Waals surface area contributed by atoms with Gasteiger partial charge in [-0.15, -0.1) is 0 Å². The van der Waals surface area contributed by atoms with E-state index in [1.807, 2.05) is 6.07 Å². The van der Waals surface area contributed by atoms with E-state index in [-0.39, 0.29) is 5.54 Å². The highest BCUT2D eigenvalue weighted by molar-refractivity contribution is 9.10. The first-order valence-electron chi connectivity index (χ1n) is 6.93. The molecule has 0 bridgehead atoms. The normalized spacial score (nSPS) is 13.5. The lowest BCUT2D eigenvalue weighted by Gasteiger charge is -2.30. The maximum atomic E-state index is 6.31. The largest absolute Gasteiger partial charge is 0.496 e. The Morgan fingerprint density at radius 1 is 1.25 bits per heavy atom. The van der Waals surface area contributed by atoms with Crippen LogP contribution in [0.4, 0.5) is 0 Å². The van der Waals surface area contributed by atoms with Crippen LogP contribution >= 0.6 is 15.9 Å². The smallest absolute Gasteiger partial charge is 0.133 e. The van der Waals surface area contributed by atoms with E-state index in [2.05, 4.69) is 61.0 Å². The molecule has 0 aromatic heterocycles. The van der Waals surface area contributed by atoms with Gasteiger partial charge < -0.3 is 10.5 Å². The predicted octanol–water partition coefficient (Wildman–Crippen LogP) is 4.84. The van der Waals surface area contributed by atoms with E-state index in [0.29, 0.717) is 5.92 Å². The van der Waals surface area contributed by atoms with Gasteiger partial charge in [0, 0.05) is 11.5 Å². The van der Waals surface area contributed by atoms with Crippen LogP contribution in [0.25, 0.3) is 10.8 Å². The Hall–Kier alpha value is -1.06. The molecule has 108 valence electrons. The van der Waals surface area contributed by atoms with Gasteiger partial charge in [0.05, 0.1) is 11.6 Å². The lowest BCUT2D eigenvalue weighted by Crippen LogP contribution is -2.39. The minimum Gasteiger partial charge on any atom is -0.496 e. The van der Waals surface area contributed by atoms with Crippen LogP contribution in [0, 0.1) is 0 Å². The van der Waals surface area contributed by atoms with Crippen LogP contribution in [0.3, 0.4) is 0 Å². The van der Waals surface area contributed by atoms with Crippen molar-refractivity contribution in [2.24, 2.45) is 5.73 Å². The summed E-state index contributed by atoms with van der Waals surface area (Å²) in [5, 5.41) is 2.37. The summed E-state index contributed by atoms with van der Waals surface area (Å²) in [6.45, 7) is 6.37. The number of hydrogen-bond donors (Lipinski definition) is 1. The Morgan fingerprint density at radius 3 is 2.50 bits per heavy atom. The number of halogens is 1. The van der Waals surface area contributed by atoms with Crippen molar-refractivity contribution in [1.82, 2.24) is 0 Å². The number of methoxy groups -OCH3 is 1. The van der Waals surface area contributed by atoms with Gasteiger partial charge in [0.15, 0.2) is 0 Å². The molecule has 2 aromatic carbocycles. The first kappa shape index (κ1) is 15.3. The Kier molecular flexibility index (Phi) is 4.40. The van der Waals surface area contributed by atoms with Gasteiger partial charge >= 0.3 is 0 Å². The van der Waals surface area contributed by atoms with Gasteiger partial charge in [0.25, 0.3) is 0 Å². The second-order valence-corrected chi connectivity index (χ2v) is 6.64. The van der Waals surface area contributed by atoms with Gasteiger partial charge in [-0.1, -0.05) is 31.2 Å². The lowest BCUT2D eigenvalue weighted by atomic mass is 9.80. The molecule has 0 aliphatic rings. The predicted molar refractivity (Wildman–Crippen MR) is 89.5 cm³/mol. The van der Waals surface area contributed by atoms with E-state index >= 15 is 0 Å². The molecule has 2 nitrogen and oxygen atoms in total. The average Bonchev–Trinajstić information content (AvgIpc) is 2.38. The first-order chi connectivity index (χ1) is 9.38. The summed E-state index contributed by atoms with van der Waals surface area (Å²) >= 11 is 3.61. The number of benzene rings is 2. The molecular weight excluding hydrogens is 314 g/mol. The molecule has 0 fully saturated rings. The summed E-state index contributed by atoms with van der Waals surface area (Å²) in [4.78, 5) is 0. The molecule has 0 heterocycles. The van der Waals surface area contributed by atoms with Crippen molar-refractivity contribution < 1.29 is 4.74 Å². The van der Waals surface area contributed by atoms with Crippen molar-refractivity contribution in [2.75, 3.05) is 7.11 Å². The molecule has 1 atom stereocenters. The number of nitrogens with two attached hydrogens (primary N) is 1. The van der Waals surface area contributed by atoms with Crippen molar-refractivity contribution in [2.45, 2.75) is 38.6 Å². The van der Waals surface area contributed by atoms with Gasteiger partial charge in [-0.2, -0.15) is 0 Å². The van der Waals surface area contributed by atoms with Crippen LogP contribution in [0.2, 0.25) is 0 Å². The molecule has 3 heteroatoms. The summed E-state index contributed by atoms with van der Waals surface area (Å²) < 4.78 is 6.34. The summed E-state index contributed by atoms with van der Waals surface area (Å²) in [6.07, 6.45) is 1.03. The second-order valence-electron chi connectivity index (χ2n) is 5.84. The molecule has 2 rings (SSSR count). The fourth-order valence-electron chi connectivity index (χ4n) is 2.86. The quantitative estimate of drug-likeness (QED) is 0.867. The van der Waals surface area contributed by atoms with E-state index in [1.165, 1.54) is 10.9 Å². The third kappa shape index (κ3) is 2.84. The Labute approximate surface area is 129 Å². The number of rotatable bonds is 4. The van der Waals surface area contributed by atoms with E-state index in [4.69, 9.17) is 10.5 Å². The van der Waals surface area contributed by atoms with Crippen LogP contribution in [-0.4, -0.2) is 12.6 Å². The highest BCUT2D eigenvalue weighted by Crippen LogP contribution is 2.36. The van der Waals surface area contributed by atoms with Crippen LogP contribution in [0.1, 0.15) is 38.7 Å². The van der Waals surface area contributed by atoms with Crippen molar-refractivity contribution in [1.29, 1.82) is 0 Å². The number of hydrogen-bond acceptors (Lipinski definition) is 2. The van der Waals surface area contributed by atoms with Gasteiger partial charge in [-0.25, -0.2) is 0 Å². The standard InChI is InChI=1S/C17H22BrNO/c1-5-14(17(2,3)19)12-6-8-13-11(10-12)7-9-15(20-4)16(13)18/h6-10,14H,5,19H2,1-4H3/t14-/m0/s1. The van der Waals surface area contributed by atoms with Crippen LogP contribution in [0.5, 0.6) is 5.75 Å². The molecule has 0 saturated heterocycles. The lowest BCUT2D eigenvalue weighted by molar-refractivity contribution is 0.401. The van der Waals surface area contributed by atoms with Gasteiger partial charge in [-0.3, -0.25) is 0 Å². The zero-order valence-corrected chi connectivity index (χ0v) is 14.1. The topological polar surface area (TPSA) is 35.2 Å². The highest BCUT2D eigenvalue weighted by atomic mass is 79.9. The van der Waals surface area contributed by atoms with Crippen molar-refractivity contribution in [3.63, 3.8) is 0 Å². The minimum atomic E-state index is -0.216. The average molecular weight is 336 g/mol. The summed E-state index contributed by atoms with van der Waals surface area (Å²) in [7, 11) is 1.68. The van der Waals surface area contributed by atoms with E-state index in [9.17, 15) is 0 Å². The Bertz CT molecular complexity index is 616. The van der Waals surface area contributed by atoms with Gasteiger partial charge in [-0.05, 0) is 58.6 Å². The third-order valence-electron chi connectivity index (χ3n) is 3.87. The van der Waals surface area contributed by atoms with Crippen LogP contribution < -0.4 is 10.5 Å². The van der Waals surface area contributed by atoms with Crippen LogP contribution in [-0.2, 0) is 0 Å². The zero-order valence-electron chi connectivity index (χ0n) is 12.5. The van der Waals surface area contributed by atoms with E-state index in [0.717, 1.165) is 22.0 Å². The Balaban J connectivity index is 2.55. The third-order valence-corrected chi connectivity index (χ3v) is 4.69. The molecule has 20 heavy (non-hydrogen) atoms. The minimum absolute atomic E-state index is 0.216. The molecular formula is C17H22BrNO. The molecule has 0 unspecified atom stereocenters. The SMILES string of the molecule is CC[C@@H](c1ccc2c(Br)c(OC)ccc2c1)C(C)(C)N. The van der Waals surface area contributed by atoms with Gasteiger partial charge in [0.2, 0.25) is 0 Å².